The van der Waals surface area contributed by atoms with Crippen molar-refractivity contribution in [1.29, 1.82) is 0 Å². The van der Waals surface area contributed by atoms with Crippen LogP contribution >= 0.6 is 0 Å². The fourth-order valence-electron chi connectivity index (χ4n) is 3.71. The Morgan fingerprint density at radius 2 is 1.31 bits per heavy atom. The second-order valence-corrected chi connectivity index (χ2v) is 10.5. The van der Waals surface area contributed by atoms with Crippen molar-refractivity contribution in [3.8, 4) is 11.5 Å². The van der Waals surface area contributed by atoms with E-state index in [2.05, 4.69) is 18.2 Å². The Kier molecular flexibility index (Phi) is 5.88. The van der Waals surface area contributed by atoms with E-state index < -0.39 is 17.3 Å². The molecule has 158 valence electrons. The molecule has 1 aliphatic carbocycles. The summed E-state index contributed by atoms with van der Waals surface area (Å²) in [5.41, 5.74) is 3.51. The Labute approximate surface area is 193 Å². The topological polar surface area (TPSA) is 53.5 Å². The van der Waals surface area contributed by atoms with Gasteiger partial charge in [0, 0.05) is 0 Å². The predicted octanol–water partition coefficient (Wildman–Crippen LogP) is 6.09. The summed E-state index contributed by atoms with van der Waals surface area (Å²) < 4.78 is 19.3. The van der Waals surface area contributed by atoms with E-state index in [1.807, 2.05) is 74.5 Å². The minimum atomic E-state index is -3.28. The van der Waals surface area contributed by atoms with Crippen LogP contribution in [0.15, 0.2) is 84.7 Å². The molecule has 5 nitrogen and oxygen atoms in total. The van der Waals surface area contributed by atoms with Crippen LogP contribution in [0.3, 0.4) is 0 Å². The Morgan fingerprint density at radius 3 is 1.84 bits per heavy atom. The van der Waals surface area contributed by atoms with Crippen molar-refractivity contribution in [3.05, 3.63) is 96.0 Å². The number of allylic oxidation sites excluding steroid dienone is 4. The molecule has 1 aliphatic rings. The predicted molar refractivity (Wildman–Crippen MR) is 128 cm³/mol. The van der Waals surface area contributed by atoms with Crippen LogP contribution in [0.5, 0.6) is 11.5 Å². The van der Waals surface area contributed by atoms with Crippen LogP contribution in [0.1, 0.15) is 24.2 Å². The van der Waals surface area contributed by atoms with Gasteiger partial charge in [-0.25, -0.2) is 0 Å². The molecule has 4 aromatic rings. The Morgan fingerprint density at radius 1 is 0.719 bits per heavy atom. The van der Waals surface area contributed by atoms with Gasteiger partial charge in [0.1, 0.15) is 0 Å². The number of pyridine rings is 2. The number of benzene rings is 2. The molecule has 0 radical (unpaired) electrons. The third-order valence-corrected chi connectivity index (χ3v) is 8.23. The van der Waals surface area contributed by atoms with Crippen LogP contribution in [0.4, 0.5) is 0 Å². The minimum absolute atomic E-state index is 0.688. The van der Waals surface area contributed by atoms with Gasteiger partial charge in [0.15, 0.2) is 0 Å². The van der Waals surface area contributed by atoms with Gasteiger partial charge in [0.2, 0.25) is 0 Å². The zero-order valence-corrected chi connectivity index (χ0v) is 20.5. The normalized spacial score (nSPS) is 13.1. The Bertz CT molecular complexity index is 1260. The van der Waals surface area contributed by atoms with Gasteiger partial charge in [-0.1, -0.05) is 0 Å². The summed E-state index contributed by atoms with van der Waals surface area (Å²) in [5.74, 6) is 2.27. The van der Waals surface area contributed by atoms with Gasteiger partial charge in [-0.2, -0.15) is 0 Å². The van der Waals surface area contributed by atoms with Crippen LogP contribution in [-0.2, 0) is 3.53 Å². The van der Waals surface area contributed by atoms with Gasteiger partial charge in [-0.3, -0.25) is 0 Å². The van der Waals surface area contributed by atoms with Crippen LogP contribution in [0.2, 0.25) is 0 Å². The molecule has 0 N–H and O–H groups in total. The first-order valence-electron chi connectivity index (χ1n) is 10.7. The van der Waals surface area contributed by atoms with Gasteiger partial charge in [0.05, 0.1) is 0 Å². The zero-order valence-electron chi connectivity index (χ0n) is 18.1. The van der Waals surface area contributed by atoms with Crippen LogP contribution in [-0.4, -0.2) is 27.3 Å². The van der Waals surface area contributed by atoms with Crippen molar-refractivity contribution in [2.45, 2.75) is 26.7 Å². The first kappa shape index (κ1) is 20.7. The molecule has 2 aromatic carbocycles. The van der Waals surface area contributed by atoms with E-state index in [0.717, 1.165) is 51.8 Å². The summed E-state index contributed by atoms with van der Waals surface area (Å²) in [6.45, 7) is 3.96. The molecule has 0 fully saturated rings. The average Bonchev–Trinajstić information content (AvgIpc) is 2.80. The zero-order chi connectivity index (χ0) is 21.9. The molecular formula is C26H23GaN2O3. The molecule has 6 heteroatoms. The summed E-state index contributed by atoms with van der Waals surface area (Å²) in [6, 6.07) is 20.0. The van der Waals surface area contributed by atoms with Crippen molar-refractivity contribution in [3.63, 3.8) is 0 Å². The van der Waals surface area contributed by atoms with Crippen molar-refractivity contribution in [2.24, 2.45) is 0 Å². The summed E-state index contributed by atoms with van der Waals surface area (Å²) >= 11 is -3.28. The molecule has 32 heavy (non-hydrogen) atoms. The monoisotopic (exact) mass is 480 g/mol. The van der Waals surface area contributed by atoms with Crippen LogP contribution < -0.4 is 7.06 Å². The molecule has 0 spiro atoms. The summed E-state index contributed by atoms with van der Waals surface area (Å²) in [5, 5.41) is 2.05. The van der Waals surface area contributed by atoms with Gasteiger partial charge < -0.3 is 0 Å². The van der Waals surface area contributed by atoms with Crippen molar-refractivity contribution in [1.82, 2.24) is 9.97 Å². The molecular weight excluding hydrogens is 458 g/mol. The van der Waals surface area contributed by atoms with E-state index in [-0.39, 0.29) is 0 Å². The number of fused-ring (bicyclic) bond motifs is 2. The maximum atomic E-state index is 6.46. The molecule has 0 saturated carbocycles. The second-order valence-electron chi connectivity index (χ2n) is 7.80. The number of rotatable bonds is 6. The molecule has 0 unspecified atom stereocenters. The Hall–Kier alpha value is -3.22. The fraction of sp³-hybridized carbons (Fsp3) is 0.154. The molecule has 5 rings (SSSR count). The van der Waals surface area contributed by atoms with Gasteiger partial charge >= 0.3 is 194 Å². The molecule has 0 saturated heterocycles. The summed E-state index contributed by atoms with van der Waals surface area (Å²) in [4.78, 5) is 9.40. The van der Waals surface area contributed by atoms with Crippen LogP contribution in [0.25, 0.3) is 21.8 Å². The number of nitrogens with zero attached hydrogens (tertiary/aromatic N) is 2. The molecule has 2 aromatic heterocycles. The molecule has 2 heterocycles. The standard InChI is InChI=1S/2C10H9NO.C6H8O.Ga/c2*1-7-5-6-8-3-2-4-9(12)10(8)11-7;7-6-4-2-1-3-5-6;/h2*2-6,12H,1H3;1-2,4,7H,3,5H2;/q;;;+3/p-3. The van der Waals surface area contributed by atoms with E-state index in [1.165, 1.54) is 0 Å². The first-order valence-corrected chi connectivity index (χ1v) is 13.7. The van der Waals surface area contributed by atoms with Crippen molar-refractivity contribution < 1.29 is 10.6 Å². The molecule has 0 atom stereocenters. The number of para-hydroxylation sites is 2. The SMILES string of the molecule is Cc1ccc2cccc([O][Ga]([O]C3=CC=CCC3)[O]c3cccc4ccc(C)nc34)c2n1. The van der Waals surface area contributed by atoms with E-state index >= 15 is 0 Å². The van der Waals surface area contributed by atoms with E-state index in [4.69, 9.17) is 20.6 Å². The quantitative estimate of drug-likeness (QED) is 0.312. The average molecular weight is 481 g/mol. The third kappa shape index (κ3) is 4.51. The van der Waals surface area contributed by atoms with Gasteiger partial charge in [-0.05, 0) is 0 Å². The number of aromatic nitrogens is 2. The Balaban J connectivity index is 1.52. The maximum absolute atomic E-state index is 6.46. The molecule has 0 amide bonds. The molecule has 0 bridgehead atoms. The van der Waals surface area contributed by atoms with Crippen LogP contribution in [0, 0.1) is 13.8 Å². The van der Waals surface area contributed by atoms with Crippen molar-refractivity contribution >= 4 is 39.1 Å². The summed E-state index contributed by atoms with van der Waals surface area (Å²) in [7, 11) is 0. The van der Waals surface area contributed by atoms with E-state index in [9.17, 15) is 0 Å². The van der Waals surface area contributed by atoms with Gasteiger partial charge in [-0.15, -0.1) is 0 Å². The van der Waals surface area contributed by atoms with Crippen molar-refractivity contribution in [2.75, 3.05) is 0 Å². The summed E-state index contributed by atoms with van der Waals surface area (Å²) in [6.07, 6.45) is 7.93. The fourth-order valence-corrected chi connectivity index (χ4v) is 6.61. The van der Waals surface area contributed by atoms with Gasteiger partial charge in [0.25, 0.3) is 0 Å². The van der Waals surface area contributed by atoms with E-state index in [1.54, 1.807) is 0 Å². The molecule has 0 aliphatic heterocycles. The number of hydrogen-bond donors (Lipinski definition) is 0. The third-order valence-electron chi connectivity index (χ3n) is 5.31. The number of aryl methyl sites for hydroxylation is 2. The van der Waals surface area contributed by atoms with E-state index in [0.29, 0.717) is 11.5 Å². The first-order chi connectivity index (χ1) is 15.7. The number of hydrogen-bond acceptors (Lipinski definition) is 5. The second kappa shape index (κ2) is 9.10.